The number of carbonyl (C=O) groups excluding carboxylic acids is 1. The lowest BCUT2D eigenvalue weighted by Gasteiger charge is -2.13. The summed E-state index contributed by atoms with van der Waals surface area (Å²) < 4.78 is 18.9. The van der Waals surface area contributed by atoms with Gasteiger partial charge in [-0.1, -0.05) is 37.3 Å². The van der Waals surface area contributed by atoms with Gasteiger partial charge in [-0.15, -0.1) is 0 Å². The monoisotopic (exact) mass is 552 g/mol. The van der Waals surface area contributed by atoms with E-state index in [-0.39, 0.29) is 25.0 Å². The SMILES string of the molecule is CCOC(=O)Cc1cc(COC)ccc1OCc1nn([C@H](C)CC)c2ccc(-c3cccc4c(N)nccc34)cc12. The van der Waals surface area contributed by atoms with Gasteiger partial charge in [-0.05, 0) is 72.7 Å². The molecule has 2 heterocycles. The van der Waals surface area contributed by atoms with E-state index < -0.39 is 0 Å². The van der Waals surface area contributed by atoms with Gasteiger partial charge < -0.3 is 19.9 Å². The van der Waals surface area contributed by atoms with E-state index in [9.17, 15) is 4.79 Å². The molecule has 8 heteroatoms. The Balaban J connectivity index is 1.54. The highest BCUT2D eigenvalue weighted by Gasteiger charge is 2.18. The Morgan fingerprint density at radius 3 is 2.63 bits per heavy atom. The Kier molecular flexibility index (Phi) is 8.50. The minimum atomic E-state index is -0.297. The van der Waals surface area contributed by atoms with Crippen molar-refractivity contribution in [1.29, 1.82) is 0 Å². The molecule has 41 heavy (non-hydrogen) atoms. The lowest BCUT2D eigenvalue weighted by Crippen LogP contribution is -2.10. The first kappa shape index (κ1) is 28.1. The second kappa shape index (κ2) is 12.4. The molecule has 0 bridgehead atoms. The van der Waals surface area contributed by atoms with Crippen LogP contribution in [0.1, 0.15) is 50.1 Å². The van der Waals surface area contributed by atoms with Gasteiger partial charge in [-0.3, -0.25) is 9.48 Å². The predicted octanol–water partition coefficient (Wildman–Crippen LogP) is 6.64. The lowest BCUT2D eigenvalue weighted by atomic mass is 9.97. The van der Waals surface area contributed by atoms with Crippen LogP contribution in [0.25, 0.3) is 32.8 Å². The number of pyridine rings is 1. The van der Waals surface area contributed by atoms with E-state index >= 15 is 0 Å². The van der Waals surface area contributed by atoms with Crippen molar-refractivity contribution in [2.75, 3.05) is 19.5 Å². The molecule has 0 saturated carbocycles. The summed E-state index contributed by atoms with van der Waals surface area (Å²) >= 11 is 0. The van der Waals surface area contributed by atoms with Gasteiger partial charge >= 0.3 is 5.97 Å². The van der Waals surface area contributed by atoms with E-state index in [0.29, 0.717) is 24.8 Å². The topological polar surface area (TPSA) is 101 Å². The minimum Gasteiger partial charge on any atom is -0.487 e. The summed E-state index contributed by atoms with van der Waals surface area (Å²) in [6.45, 7) is 7.13. The van der Waals surface area contributed by atoms with Crippen LogP contribution in [0.5, 0.6) is 5.75 Å². The smallest absolute Gasteiger partial charge is 0.310 e. The molecule has 0 aliphatic heterocycles. The van der Waals surface area contributed by atoms with Gasteiger partial charge in [-0.25, -0.2) is 4.98 Å². The molecule has 5 rings (SSSR count). The molecule has 1 atom stereocenters. The number of nitrogens with zero attached hydrogens (tertiary/aromatic N) is 3. The molecule has 0 radical (unpaired) electrons. The van der Waals surface area contributed by atoms with Gasteiger partial charge in [0, 0.05) is 35.7 Å². The Labute approximate surface area is 240 Å². The van der Waals surface area contributed by atoms with Gasteiger partial charge in [0.15, 0.2) is 0 Å². The van der Waals surface area contributed by atoms with E-state index in [0.717, 1.165) is 56.0 Å². The van der Waals surface area contributed by atoms with E-state index in [2.05, 4.69) is 47.8 Å². The first-order valence-electron chi connectivity index (χ1n) is 14.0. The van der Waals surface area contributed by atoms with E-state index in [1.165, 1.54) is 0 Å². The van der Waals surface area contributed by atoms with Crippen LogP contribution < -0.4 is 10.5 Å². The third kappa shape index (κ3) is 5.88. The van der Waals surface area contributed by atoms with Crippen LogP contribution in [0.2, 0.25) is 0 Å². The van der Waals surface area contributed by atoms with Crippen molar-refractivity contribution in [3.63, 3.8) is 0 Å². The van der Waals surface area contributed by atoms with Crippen molar-refractivity contribution in [2.45, 2.75) is 52.9 Å². The minimum absolute atomic E-state index is 0.117. The Bertz CT molecular complexity index is 1690. The molecular weight excluding hydrogens is 516 g/mol. The highest BCUT2D eigenvalue weighted by molar-refractivity contribution is 6.02. The number of fused-ring (bicyclic) bond motifs is 2. The maximum atomic E-state index is 12.3. The summed E-state index contributed by atoms with van der Waals surface area (Å²) in [5, 5.41) is 8.00. The van der Waals surface area contributed by atoms with Gasteiger partial charge in [0.2, 0.25) is 0 Å². The fourth-order valence-electron chi connectivity index (χ4n) is 5.15. The zero-order chi connectivity index (χ0) is 28.9. The van der Waals surface area contributed by atoms with Crippen LogP contribution in [0, 0.1) is 0 Å². The van der Waals surface area contributed by atoms with Gasteiger partial charge in [0.1, 0.15) is 23.9 Å². The Morgan fingerprint density at radius 1 is 1.00 bits per heavy atom. The van der Waals surface area contributed by atoms with Crippen LogP contribution in [0.15, 0.2) is 66.9 Å². The Morgan fingerprint density at radius 2 is 1.85 bits per heavy atom. The number of esters is 1. The van der Waals surface area contributed by atoms with Crippen molar-refractivity contribution in [3.05, 3.63) is 83.7 Å². The third-order valence-electron chi connectivity index (χ3n) is 7.38. The van der Waals surface area contributed by atoms with Crippen molar-refractivity contribution in [3.8, 4) is 16.9 Å². The molecule has 2 aromatic heterocycles. The van der Waals surface area contributed by atoms with E-state index in [1.54, 1.807) is 20.2 Å². The first-order chi connectivity index (χ1) is 19.9. The van der Waals surface area contributed by atoms with Crippen molar-refractivity contribution in [2.24, 2.45) is 0 Å². The number of rotatable bonds is 11. The van der Waals surface area contributed by atoms with Crippen LogP contribution in [0.3, 0.4) is 0 Å². The largest absolute Gasteiger partial charge is 0.487 e. The molecule has 0 unspecified atom stereocenters. The highest BCUT2D eigenvalue weighted by atomic mass is 16.5. The average Bonchev–Trinajstić information content (AvgIpc) is 3.34. The van der Waals surface area contributed by atoms with E-state index in [4.69, 9.17) is 25.0 Å². The summed E-state index contributed by atoms with van der Waals surface area (Å²) in [6.07, 6.45) is 2.80. The quantitative estimate of drug-likeness (QED) is 0.183. The fourth-order valence-corrected chi connectivity index (χ4v) is 5.15. The second-order valence-electron chi connectivity index (χ2n) is 10.1. The number of hydrogen-bond donors (Lipinski definition) is 1. The van der Waals surface area contributed by atoms with Crippen molar-refractivity contribution < 1.29 is 19.0 Å². The molecule has 0 aliphatic rings. The fraction of sp³-hybridized carbons (Fsp3) is 0.303. The third-order valence-corrected chi connectivity index (χ3v) is 7.38. The van der Waals surface area contributed by atoms with Gasteiger partial charge in [0.25, 0.3) is 0 Å². The number of carbonyl (C=O) groups is 1. The molecule has 3 aromatic carbocycles. The number of ether oxygens (including phenoxy) is 3. The van der Waals surface area contributed by atoms with Crippen LogP contribution in [0.4, 0.5) is 5.82 Å². The number of methoxy groups -OCH3 is 1. The molecule has 0 saturated heterocycles. The van der Waals surface area contributed by atoms with Crippen LogP contribution >= 0.6 is 0 Å². The molecule has 5 aromatic rings. The van der Waals surface area contributed by atoms with Crippen molar-refractivity contribution in [1.82, 2.24) is 14.8 Å². The zero-order valence-corrected chi connectivity index (χ0v) is 24.0. The molecule has 0 amide bonds. The molecule has 212 valence electrons. The maximum Gasteiger partial charge on any atom is 0.310 e. The first-order valence-corrected chi connectivity index (χ1v) is 14.0. The van der Waals surface area contributed by atoms with Crippen LogP contribution in [-0.4, -0.2) is 34.5 Å². The number of benzene rings is 3. The summed E-state index contributed by atoms with van der Waals surface area (Å²) in [6, 6.07) is 20.5. The molecule has 2 N–H and O–H groups in total. The molecular formula is C33H36N4O4. The maximum absolute atomic E-state index is 12.3. The highest BCUT2D eigenvalue weighted by Crippen LogP contribution is 2.34. The standard InChI is InChI=1S/C33H36N4O4/c1-5-21(3)37-30-12-11-23(25-8-7-9-27-26(25)14-15-35-33(27)34)17-28(30)29(36-37)20-41-31-13-10-22(19-39-4)16-24(31)18-32(38)40-6-2/h7-17,21H,5-6,18-20H2,1-4H3,(H2,34,35)/t21-/m1/s1. The lowest BCUT2D eigenvalue weighted by molar-refractivity contribution is -0.142. The normalized spacial score (nSPS) is 12.1. The number of nitrogen functional groups attached to an aromatic ring is 1. The summed E-state index contributed by atoms with van der Waals surface area (Å²) in [7, 11) is 1.65. The molecule has 0 fully saturated rings. The molecule has 8 nitrogen and oxygen atoms in total. The number of aromatic nitrogens is 3. The molecule has 0 aliphatic carbocycles. The number of hydrogen-bond acceptors (Lipinski definition) is 7. The average molecular weight is 553 g/mol. The summed E-state index contributed by atoms with van der Waals surface area (Å²) in [5.41, 5.74) is 11.9. The summed E-state index contributed by atoms with van der Waals surface area (Å²) in [4.78, 5) is 16.6. The summed E-state index contributed by atoms with van der Waals surface area (Å²) in [5.74, 6) is 0.838. The number of nitrogens with two attached hydrogens (primary N) is 1. The van der Waals surface area contributed by atoms with Crippen molar-refractivity contribution >= 4 is 33.5 Å². The van der Waals surface area contributed by atoms with E-state index in [1.807, 2.05) is 36.4 Å². The van der Waals surface area contributed by atoms with Gasteiger partial charge in [0.05, 0.1) is 25.2 Å². The number of anilines is 1. The van der Waals surface area contributed by atoms with Crippen LogP contribution in [-0.2, 0) is 33.9 Å². The predicted molar refractivity (Wildman–Crippen MR) is 162 cm³/mol. The Hall–Kier alpha value is -4.43. The second-order valence-corrected chi connectivity index (χ2v) is 10.1. The zero-order valence-electron chi connectivity index (χ0n) is 24.0. The molecule has 0 spiro atoms. The van der Waals surface area contributed by atoms with Gasteiger partial charge in [-0.2, -0.15) is 5.10 Å².